The van der Waals surface area contributed by atoms with Gasteiger partial charge in [-0.05, 0) is 44.4 Å². The van der Waals surface area contributed by atoms with E-state index in [1.54, 1.807) is 19.1 Å². The van der Waals surface area contributed by atoms with Gasteiger partial charge >= 0.3 is 5.97 Å². The van der Waals surface area contributed by atoms with Gasteiger partial charge in [-0.1, -0.05) is 23.7 Å². The fraction of sp³-hybridized carbons (Fsp3) is 0.500. The molecule has 1 aromatic rings. The summed E-state index contributed by atoms with van der Waals surface area (Å²) in [7, 11) is 0. The van der Waals surface area contributed by atoms with Gasteiger partial charge in [0.25, 0.3) is 0 Å². The van der Waals surface area contributed by atoms with E-state index in [2.05, 4.69) is 0 Å². The lowest BCUT2D eigenvalue weighted by atomic mass is 9.88. The third-order valence-corrected chi connectivity index (χ3v) is 4.32. The number of benzene rings is 1. The van der Waals surface area contributed by atoms with Crippen LogP contribution in [0.1, 0.15) is 31.7 Å². The molecule has 3 nitrogen and oxygen atoms in total. The van der Waals surface area contributed by atoms with Gasteiger partial charge in [0.2, 0.25) is 0 Å². The lowest BCUT2D eigenvalue weighted by Gasteiger charge is -2.41. The maximum Gasteiger partial charge on any atom is 0.323 e. The van der Waals surface area contributed by atoms with Crippen molar-refractivity contribution in [3.63, 3.8) is 0 Å². The molecule has 1 fully saturated rings. The average molecular weight is 286 g/mol. The molecule has 0 radical (unpaired) electrons. The van der Waals surface area contributed by atoms with Gasteiger partial charge in [0.15, 0.2) is 0 Å². The fourth-order valence-electron chi connectivity index (χ4n) is 2.55. The Balaban J connectivity index is 2.25. The molecule has 1 atom stereocenters. The SMILES string of the molecule is CC1(C(=O)O)CCCCN1Cc1cccc(F)c1Cl. The normalized spacial score (nSPS) is 24.4. The second-order valence-electron chi connectivity index (χ2n) is 5.17. The van der Waals surface area contributed by atoms with Crippen molar-refractivity contribution in [1.82, 2.24) is 4.90 Å². The molecular weight excluding hydrogens is 269 g/mol. The molecule has 5 heteroatoms. The summed E-state index contributed by atoms with van der Waals surface area (Å²) in [5, 5.41) is 9.51. The van der Waals surface area contributed by atoms with Crippen LogP contribution in [0.25, 0.3) is 0 Å². The van der Waals surface area contributed by atoms with Crippen LogP contribution in [-0.4, -0.2) is 28.1 Å². The summed E-state index contributed by atoms with van der Waals surface area (Å²) in [6.45, 7) is 2.77. The number of halogens is 2. The van der Waals surface area contributed by atoms with Crippen LogP contribution in [0.2, 0.25) is 5.02 Å². The minimum absolute atomic E-state index is 0.0841. The molecule has 1 heterocycles. The molecule has 2 rings (SSSR count). The largest absolute Gasteiger partial charge is 0.480 e. The molecule has 1 aliphatic rings. The number of carboxylic acids is 1. The van der Waals surface area contributed by atoms with Crippen LogP contribution < -0.4 is 0 Å². The van der Waals surface area contributed by atoms with Crippen molar-refractivity contribution in [2.24, 2.45) is 0 Å². The number of likely N-dealkylation sites (tertiary alicyclic amines) is 1. The van der Waals surface area contributed by atoms with Crippen molar-refractivity contribution in [3.8, 4) is 0 Å². The average Bonchev–Trinajstić information content (AvgIpc) is 2.37. The Morgan fingerprint density at radius 3 is 2.95 bits per heavy atom. The minimum atomic E-state index is -0.895. The first-order valence-electron chi connectivity index (χ1n) is 6.36. The van der Waals surface area contributed by atoms with Gasteiger partial charge in [0, 0.05) is 6.54 Å². The molecule has 0 aliphatic carbocycles. The van der Waals surface area contributed by atoms with E-state index in [9.17, 15) is 14.3 Å². The van der Waals surface area contributed by atoms with E-state index in [0.29, 0.717) is 25.1 Å². The first-order valence-corrected chi connectivity index (χ1v) is 6.74. The van der Waals surface area contributed by atoms with Crippen molar-refractivity contribution < 1.29 is 14.3 Å². The lowest BCUT2D eigenvalue weighted by Crippen LogP contribution is -2.54. The monoisotopic (exact) mass is 285 g/mol. The van der Waals surface area contributed by atoms with Crippen LogP contribution >= 0.6 is 11.6 Å². The molecular formula is C14H17ClFNO2. The highest BCUT2D eigenvalue weighted by atomic mass is 35.5. The van der Waals surface area contributed by atoms with Crippen LogP contribution in [-0.2, 0) is 11.3 Å². The van der Waals surface area contributed by atoms with Crippen LogP contribution in [0.15, 0.2) is 18.2 Å². The highest BCUT2D eigenvalue weighted by Gasteiger charge is 2.41. The number of hydrogen-bond acceptors (Lipinski definition) is 2. The van der Waals surface area contributed by atoms with Crippen LogP contribution in [0.4, 0.5) is 4.39 Å². The first kappa shape index (κ1) is 14.3. The van der Waals surface area contributed by atoms with Gasteiger partial charge in [-0.3, -0.25) is 9.69 Å². The van der Waals surface area contributed by atoms with Crippen LogP contribution in [0.5, 0.6) is 0 Å². The fourth-order valence-corrected chi connectivity index (χ4v) is 2.73. The van der Waals surface area contributed by atoms with Crippen LogP contribution in [0.3, 0.4) is 0 Å². The number of hydrogen-bond donors (Lipinski definition) is 1. The summed E-state index contributed by atoms with van der Waals surface area (Å²) < 4.78 is 13.4. The second kappa shape index (κ2) is 5.47. The molecule has 1 aliphatic heterocycles. The first-order chi connectivity index (χ1) is 8.95. The summed E-state index contributed by atoms with van der Waals surface area (Å²) in [5.41, 5.74) is -0.260. The molecule has 1 unspecified atom stereocenters. The third kappa shape index (κ3) is 2.74. The Morgan fingerprint density at radius 1 is 1.53 bits per heavy atom. The number of piperidine rings is 1. The molecule has 0 amide bonds. The molecule has 104 valence electrons. The summed E-state index contributed by atoms with van der Waals surface area (Å²) in [6.07, 6.45) is 2.46. The summed E-state index contributed by atoms with van der Waals surface area (Å²) in [6, 6.07) is 4.64. The summed E-state index contributed by atoms with van der Waals surface area (Å²) in [4.78, 5) is 13.4. The van der Waals surface area contributed by atoms with Crippen molar-refractivity contribution in [2.45, 2.75) is 38.3 Å². The predicted octanol–water partition coefficient (Wildman–Crippen LogP) is 3.31. The van der Waals surface area contributed by atoms with Gasteiger partial charge in [-0.15, -0.1) is 0 Å². The van der Waals surface area contributed by atoms with E-state index >= 15 is 0 Å². The zero-order chi connectivity index (χ0) is 14.0. The quantitative estimate of drug-likeness (QED) is 0.926. The van der Waals surface area contributed by atoms with E-state index in [0.717, 1.165) is 12.8 Å². The molecule has 0 spiro atoms. The predicted molar refractivity (Wildman–Crippen MR) is 71.7 cm³/mol. The van der Waals surface area contributed by atoms with Gasteiger partial charge in [0.1, 0.15) is 11.4 Å². The number of aliphatic carboxylic acids is 1. The molecule has 1 saturated heterocycles. The minimum Gasteiger partial charge on any atom is -0.480 e. The highest BCUT2D eigenvalue weighted by Crippen LogP contribution is 2.31. The van der Waals surface area contributed by atoms with E-state index in [-0.39, 0.29) is 5.02 Å². The summed E-state index contributed by atoms with van der Waals surface area (Å²) >= 11 is 5.94. The van der Waals surface area contributed by atoms with Gasteiger partial charge in [0.05, 0.1) is 5.02 Å². The Bertz CT molecular complexity index is 494. The highest BCUT2D eigenvalue weighted by molar-refractivity contribution is 6.31. The number of carboxylic acid groups (broad SMARTS) is 1. The maximum atomic E-state index is 13.4. The van der Waals surface area contributed by atoms with E-state index in [4.69, 9.17) is 11.6 Å². The molecule has 0 saturated carbocycles. The standard InChI is InChI=1S/C14H17ClFNO2/c1-14(13(18)19)7-2-3-8-17(14)9-10-5-4-6-11(16)12(10)15/h4-6H,2-3,7-9H2,1H3,(H,18,19). The zero-order valence-corrected chi connectivity index (χ0v) is 11.6. The van der Waals surface area contributed by atoms with Crippen molar-refractivity contribution in [3.05, 3.63) is 34.6 Å². The van der Waals surface area contributed by atoms with Gasteiger partial charge in [-0.25, -0.2) is 4.39 Å². The van der Waals surface area contributed by atoms with Gasteiger partial charge < -0.3 is 5.11 Å². The van der Waals surface area contributed by atoms with Crippen molar-refractivity contribution >= 4 is 17.6 Å². The third-order valence-electron chi connectivity index (χ3n) is 3.89. The molecule has 19 heavy (non-hydrogen) atoms. The second-order valence-corrected chi connectivity index (χ2v) is 5.55. The Hall–Kier alpha value is -1.13. The van der Waals surface area contributed by atoms with Crippen LogP contribution in [0, 0.1) is 5.82 Å². The van der Waals surface area contributed by atoms with Crippen molar-refractivity contribution in [2.75, 3.05) is 6.54 Å². The topological polar surface area (TPSA) is 40.5 Å². The van der Waals surface area contributed by atoms with E-state index in [1.165, 1.54) is 6.07 Å². The smallest absolute Gasteiger partial charge is 0.323 e. The maximum absolute atomic E-state index is 13.4. The molecule has 0 aromatic heterocycles. The Labute approximate surface area is 117 Å². The summed E-state index contributed by atoms with van der Waals surface area (Å²) in [5.74, 6) is -1.30. The Kier molecular flexibility index (Phi) is 4.11. The molecule has 1 aromatic carbocycles. The van der Waals surface area contributed by atoms with E-state index < -0.39 is 17.3 Å². The zero-order valence-electron chi connectivity index (χ0n) is 10.8. The molecule has 0 bridgehead atoms. The number of rotatable bonds is 3. The molecule has 1 N–H and O–H groups in total. The number of nitrogens with zero attached hydrogens (tertiary/aromatic N) is 1. The van der Waals surface area contributed by atoms with Gasteiger partial charge in [-0.2, -0.15) is 0 Å². The lowest BCUT2D eigenvalue weighted by molar-refractivity contribution is -0.153. The number of carbonyl (C=O) groups is 1. The van der Waals surface area contributed by atoms with E-state index in [1.807, 2.05) is 4.90 Å². The Morgan fingerprint density at radius 2 is 2.26 bits per heavy atom. The van der Waals surface area contributed by atoms with Crippen molar-refractivity contribution in [1.29, 1.82) is 0 Å².